The first-order chi connectivity index (χ1) is 31.2. The van der Waals surface area contributed by atoms with Gasteiger partial charge in [0.15, 0.2) is 0 Å². The molecule has 0 spiro atoms. The van der Waals surface area contributed by atoms with Crippen LogP contribution >= 0.6 is 15.9 Å². The van der Waals surface area contributed by atoms with E-state index in [-0.39, 0.29) is 0 Å². The van der Waals surface area contributed by atoms with Crippen molar-refractivity contribution in [3.63, 3.8) is 0 Å². The van der Waals surface area contributed by atoms with Gasteiger partial charge in [-0.3, -0.25) is 9.97 Å². The summed E-state index contributed by atoms with van der Waals surface area (Å²) in [5, 5.41) is 17.8. The molecule has 0 aliphatic rings. The van der Waals surface area contributed by atoms with Gasteiger partial charge >= 0.3 is 31.0 Å². The molecular formula is C50H52BBrN2O12. The molecule has 6 aromatic rings. The Labute approximate surface area is 393 Å². The van der Waals surface area contributed by atoms with Crippen LogP contribution in [-0.2, 0) is 18.9 Å². The van der Waals surface area contributed by atoms with Gasteiger partial charge in [0.1, 0.15) is 22.7 Å². The number of benzene rings is 4. The molecule has 0 saturated heterocycles. The third-order valence-electron chi connectivity index (χ3n) is 8.97. The number of hydrogen-bond donors (Lipinski definition) is 2. The van der Waals surface area contributed by atoms with E-state index in [2.05, 4.69) is 30.6 Å². The Bertz CT molecular complexity index is 2590. The van der Waals surface area contributed by atoms with E-state index in [1.165, 1.54) is 50.9 Å². The van der Waals surface area contributed by atoms with Gasteiger partial charge in [-0.2, -0.15) is 0 Å². The van der Waals surface area contributed by atoms with Crippen LogP contribution in [0.25, 0.3) is 33.6 Å². The molecule has 2 heterocycles. The molecule has 344 valence electrons. The SMILES string of the molecule is CC(C)(C)OC(=O)c1ccc(B(O)O)cc1.COC(=O)c1cnc(-c2ccc(OC)cc2)c(-c2ccc(C(=O)OC(C)(C)C)cc2)c1.COC(=O)c1cnc(-c2ccc(OC)cc2)c(Br)c1. The highest BCUT2D eigenvalue weighted by Gasteiger charge is 2.21. The van der Waals surface area contributed by atoms with Crippen LogP contribution in [0.1, 0.15) is 83.0 Å². The van der Waals surface area contributed by atoms with Gasteiger partial charge in [0.25, 0.3) is 0 Å². The predicted octanol–water partition coefficient (Wildman–Crippen LogP) is 8.79. The lowest BCUT2D eigenvalue weighted by Crippen LogP contribution is -2.30. The number of carbonyl (C=O) groups excluding carboxylic acids is 4. The van der Waals surface area contributed by atoms with Crippen LogP contribution in [0.3, 0.4) is 0 Å². The summed E-state index contributed by atoms with van der Waals surface area (Å²) in [5.74, 6) is -0.179. The van der Waals surface area contributed by atoms with Crippen LogP contribution in [-0.4, -0.2) is 90.7 Å². The molecule has 4 aromatic carbocycles. The lowest BCUT2D eigenvalue weighted by Gasteiger charge is -2.19. The quantitative estimate of drug-likeness (QED) is 0.0753. The van der Waals surface area contributed by atoms with E-state index in [1.54, 1.807) is 59.3 Å². The van der Waals surface area contributed by atoms with E-state index in [0.717, 1.165) is 43.9 Å². The van der Waals surface area contributed by atoms with E-state index in [4.69, 9.17) is 33.7 Å². The number of pyridine rings is 2. The van der Waals surface area contributed by atoms with Gasteiger partial charge in [0.05, 0.1) is 62.1 Å². The topological polar surface area (TPSA) is 190 Å². The minimum absolute atomic E-state index is 0.339. The smallest absolute Gasteiger partial charge is 0.488 e. The van der Waals surface area contributed by atoms with E-state index in [1.807, 2.05) is 81.4 Å². The summed E-state index contributed by atoms with van der Waals surface area (Å²) in [4.78, 5) is 56.2. The van der Waals surface area contributed by atoms with Crippen molar-refractivity contribution in [3.05, 3.63) is 148 Å². The molecule has 0 atom stereocenters. The van der Waals surface area contributed by atoms with Crippen molar-refractivity contribution in [1.82, 2.24) is 9.97 Å². The van der Waals surface area contributed by atoms with Crippen LogP contribution in [0, 0.1) is 0 Å². The number of methoxy groups -OCH3 is 4. The second-order valence-corrected chi connectivity index (χ2v) is 17.0. The van der Waals surface area contributed by atoms with E-state index in [0.29, 0.717) is 33.4 Å². The maximum absolute atomic E-state index is 12.3. The molecule has 16 heteroatoms. The molecule has 14 nitrogen and oxygen atoms in total. The number of halogens is 1. The van der Waals surface area contributed by atoms with E-state index in [9.17, 15) is 19.2 Å². The average molecular weight is 964 g/mol. The van der Waals surface area contributed by atoms with Gasteiger partial charge in [-0.25, -0.2) is 19.2 Å². The van der Waals surface area contributed by atoms with Gasteiger partial charge in [-0.1, -0.05) is 24.3 Å². The molecule has 66 heavy (non-hydrogen) atoms. The minimum atomic E-state index is -1.52. The second kappa shape index (κ2) is 23.4. The van der Waals surface area contributed by atoms with Crippen molar-refractivity contribution in [2.75, 3.05) is 28.4 Å². The highest BCUT2D eigenvalue weighted by atomic mass is 79.9. The van der Waals surface area contributed by atoms with Crippen LogP contribution in [0.2, 0.25) is 0 Å². The summed E-state index contributed by atoms with van der Waals surface area (Å²) >= 11 is 3.42. The summed E-state index contributed by atoms with van der Waals surface area (Å²) in [6, 6.07) is 31.4. The van der Waals surface area contributed by atoms with E-state index < -0.39 is 42.2 Å². The highest BCUT2D eigenvalue weighted by molar-refractivity contribution is 9.10. The van der Waals surface area contributed by atoms with Gasteiger partial charge in [-0.05, 0) is 153 Å². The van der Waals surface area contributed by atoms with Crippen LogP contribution in [0.15, 0.2) is 126 Å². The van der Waals surface area contributed by atoms with Crippen molar-refractivity contribution in [1.29, 1.82) is 0 Å². The summed E-state index contributed by atoms with van der Waals surface area (Å²) in [6.07, 6.45) is 2.99. The fourth-order valence-electron chi connectivity index (χ4n) is 5.77. The third-order valence-corrected chi connectivity index (χ3v) is 9.58. The Morgan fingerprint density at radius 2 is 0.879 bits per heavy atom. The van der Waals surface area contributed by atoms with Gasteiger partial charge < -0.3 is 38.5 Å². The number of hydrogen-bond acceptors (Lipinski definition) is 14. The van der Waals surface area contributed by atoms with Gasteiger partial charge in [0.2, 0.25) is 0 Å². The Morgan fingerprint density at radius 3 is 1.26 bits per heavy atom. The summed E-state index contributed by atoms with van der Waals surface area (Å²) < 4.78 is 31.2. The van der Waals surface area contributed by atoms with E-state index >= 15 is 0 Å². The molecule has 2 aromatic heterocycles. The lowest BCUT2D eigenvalue weighted by atomic mass is 9.80. The first-order valence-electron chi connectivity index (χ1n) is 20.3. The Balaban J connectivity index is 0.000000233. The fourth-order valence-corrected chi connectivity index (χ4v) is 6.35. The van der Waals surface area contributed by atoms with Crippen molar-refractivity contribution < 1.29 is 57.6 Å². The maximum Gasteiger partial charge on any atom is 0.488 e. The second-order valence-electron chi connectivity index (χ2n) is 16.2. The largest absolute Gasteiger partial charge is 0.497 e. The van der Waals surface area contributed by atoms with Crippen LogP contribution in [0.5, 0.6) is 11.5 Å². The molecule has 0 bridgehead atoms. The zero-order chi connectivity index (χ0) is 48.8. The van der Waals surface area contributed by atoms with Crippen molar-refractivity contribution in [2.45, 2.75) is 52.7 Å². The average Bonchev–Trinajstić information content (AvgIpc) is 3.30. The first kappa shape index (κ1) is 51.8. The molecule has 0 aliphatic heterocycles. The summed E-state index contributed by atoms with van der Waals surface area (Å²) in [7, 11) is 4.38. The number of ether oxygens (including phenoxy) is 6. The number of aromatic nitrogens is 2. The number of rotatable bonds is 10. The normalized spacial score (nSPS) is 10.7. The molecule has 2 N–H and O–H groups in total. The third kappa shape index (κ3) is 15.1. The number of esters is 4. The predicted molar refractivity (Wildman–Crippen MR) is 255 cm³/mol. The fraction of sp³-hybridized carbons (Fsp3) is 0.240. The molecular weight excluding hydrogens is 911 g/mol. The monoisotopic (exact) mass is 962 g/mol. The minimum Gasteiger partial charge on any atom is -0.497 e. The first-order valence-corrected chi connectivity index (χ1v) is 21.1. The Hall–Kier alpha value is -6.88. The van der Waals surface area contributed by atoms with Gasteiger partial charge in [0, 0.05) is 33.6 Å². The zero-order valence-corrected chi connectivity index (χ0v) is 40.0. The molecule has 0 unspecified atom stereocenters. The Morgan fingerprint density at radius 1 is 0.500 bits per heavy atom. The van der Waals surface area contributed by atoms with Crippen LogP contribution < -0.4 is 14.9 Å². The zero-order valence-electron chi connectivity index (χ0n) is 38.4. The van der Waals surface area contributed by atoms with Gasteiger partial charge in [-0.15, -0.1) is 0 Å². The standard InChI is InChI=1S/C25H25NO5.C14H12BrNO3.C11H15BO4/c1-25(2,3)31-24(28)18-8-6-16(7-9-18)21-14-19(23(27)30-5)15-26-22(21)17-10-12-20(29-4)13-11-17;1-18-11-5-3-9(4-6-11)13-12(15)7-10(8-16-13)14(17)19-2;1-11(2,3)16-10(13)8-4-6-9(7-5-8)12(14)15/h6-15H,1-5H3;3-8H,1-2H3;4-7,14-15H,1-3H3. The maximum atomic E-state index is 12.3. The number of nitrogens with zero attached hydrogens (tertiary/aromatic N) is 2. The summed E-state index contributed by atoms with van der Waals surface area (Å²) in [5.41, 5.74) is 5.61. The van der Waals surface area contributed by atoms with Crippen molar-refractivity contribution in [2.24, 2.45) is 0 Å². The number of carbonyl (C=O) groups is 4. The molecule has 0 radical (unpaired) electrons. The molecule has 0 saturated carbocycles. The molecule has 0 fully saturated rings. The molecule has 0 aliphatic carbocycles. The lowest BCUT2D eigenvalue weighted by molar-refractivity contribution is 0.00570. The van der Waals surface area contributed by atoms with Crippen molar-refractivity contribution >= 4 is 52.4 Å². The Kier molecular flexibility index (Phi) is 18.3. The molecule has 0 amide bonds. The van der Waals surface area contributed by atoms with Crippen molar-refractivity contribution in [3.8, 4) is 45.1 Å². The molecule has 6 rings (SSSR count). The highest BCUT2D eigenvalue weighted by Crippen LogP contribution is 2.33. The van der Waals surface area contributed by atoms with Crippen LogP contribution in [0.4, 0.5) is 0 Å². The summed E-state index contributed by atoms with van der Waals surface area (Å²) in [6.45, 7) is 10.8.